The van der Waals surface area contributed by atoms with Gasteiger partial charge in [-0.25, -0.2) is 17.4 Å². The van der Waals surface area contributed by atoms with E-state index >= 15 is 0 Å². The van der Waals surface area contributed by atoms with E-state index in [1.54, 1.807) is 56.1 Å². The number of rotatable bonds is 12. The van der Waals surface area contributed by atoms with Gasteiger partial charge in [-0.15, -0.1) is 0 Å². The second-order valence-corrected chi connectivity index (χ2v) is 13.7. The average molecular weight is 693 g/mol. The third-order valence-electron chi connectivity index (χ3n) is 8.26. The lowest BCUT2D eigenvalue weighted by atomic mass is 10.0. The van der Waals surface area contributed by atoms with Crippen LogP contribution in [-0.2, 0) is 20.5 Å². The Morgan fingerprint density at radius 2 is 1.90 bits per heavy atom. The maximum Gasteiger partial charge on any atom is 0.244 e. The fourth-order valence-electron chi connectivity index (χ4n) is 5.89. The first kappa shape index (κ1) is 33.1. The predicted octanol–water partition coefficient (Wildman–Crippen LogP) is 5.91. The number of nitrogens with one attached hydrogen (secondary N) is 1. The molecule has 6 aromatic rings. The van der Waals surface area contributed by atoms with Crippen molar-refractivity contribution in [2.45, 2.75) is 31.3 Å². The van der Waals surface area contributed by atoms with Crippen LogP contribution in [0.1, 0.15) is 36.1 Å². The van der Waals surface area contributed by atoms with E-state index < -0.39 is 10.0 Å². The van der Waals surface area contributed by atoms with Crippen LogP contribution in [0.5, 0.6) is 11.5 Å². The van der Waals surface area contributed by atoms with Gasteiger partial charge >= 0.3 is 0 Å². The van der Waals surface area contributed by atoms with Crippen LogP contribution in [0.15, 0.2) is 85.5 Å². The summed E-state index contributed by atoms with van der Waals surface area (Å²) in [7, 11) is -2.25. The van der Waals surface area contributed by atoms with Gasteiger partial charge in [0.15, 0.2) is 11.9 Å². The van der Waals surface area contributed by atoms with Crippen molar-refractivity contribution in [3.8, 4) is 22.6 Å². The van der Waals surface area contributed by atoms with Gasteiger partial charge in [0.1, 0.15) is 18.1 Å². The fraction of sp³-hybridized carbons (Fsp3) is 0.243. The molecule has 1 aliphatic rings. The van der Waals surface area contributed by atoms with Crippen molar-refractivity contribution in [2.24, 2.45) is 0 Å². The van der Waals surface area contributed by atoms with Gasteiger partial charge in [-0.2, -0.15) is 4.98 Å². The summed E-state index contributed by atoms with van der Waals surface area (Å²) >= 11 is 0. The Balaban J connectivity index is 1.37. The molecule has 7 rings (SSSR count). The summed E-state index contributed by atoms with van der Waals surface area (Å²) in [6.07, 6.45) is 12.7. The molecule has 50 heavy (non-hydrogen) atoms. The number of ether oxygens (including phenoxy) is 3. The van der Waals surface area contributed by atoms with E-state index in [0.717, 1.165) is 41.3 Å². The molecule has 0 spiro atoms. The van der Waals surface area contributed by atoms with Gasteiger partial charge in [0.25, 0.3) is 0 Å². The molecule has 0 amide bonds. The molecule has 13 heteroatoms. The molecule has 2 aromatic carbocycles. The Morgan fingerprint density at radius 3 is 2.70 bits per heavy atom. The topological polar surface area (TPSA) is 151 Å². The Bertz CT molecular complexity index is 2270. The Kier molecular flexibility index (Phi) is 9.69. The number of aliphatic hydroxyl groups excluding tert-OH is 1. The number of hydrogen-bond acceptors (Lipinski definition) is 11. The largest absolute Gasteiger partial charge is 0.490 e. The molecule has 0 saturated carbocycles. The number of aromatic nitrogens is 5. The maximum absolute atomic E-state index is 14.1. The molecule has 0 radical (unpaired) electrons. The lowest BCUT2D eigenvalue weighted by molar-refractivity contribution is -0.106. The molecule has 0 bridgehead atoms. The van der Waals surface area contributed by atoms with Crippen molar-refractivity contribution >= 4 is 50.1 Å². The maximum atomic E-state index is 14.1. The molecule has 1 atom stereocenters. The molecule has 4 aromatic heterocycles. The highest BCUT2D eigenvalue weighted by atomic mass is 32.2. The summed E-state index contributed by atoms with van der Waals surface area (Å²) in [5, 5.41) is 13.5. The Labute approximate surface area is 289 Å². The van der Waals surface area contributed by atoms with Crippen LogP contribution in [-0.4, -0.2) is 70.6 Å². The molecule has 12 nitrogen and oxygen atoms in total. The highest BCUT2D eigenvalue weighted by molar-refractivity contribution is 7.89. The molecule has 1 unspecified atom stereocenters. The minimum Gasteiger partial charge on any atom is -0.490 e. The van der Waals surface area contributed by atoms with E-state index in [0.29, 0.717) is 40.3 Å². The number of hydrogen-bond donors (Lipinski definition) is 2. The third-order valence-corrected chi connectivity index (χ3v) is 9.83. The second-order valence-electron chi connectivity index (χ2n) is 11.8. The van der Waals surface area contributed by atoms with E-state index in [4.69, 9.17) is 24.3 Å². The van der Waals surface area contributed by atoms with Gasteiger partial charge in [-0.05, 0) is 59.9 Å². The van der Waals surface area contributed by atoms with Crippen molar-refractivity contribution in [2.75, 3.05) is 32.2 Å². The third kappa shape index (κ3) is 7.30. The van der Waals surface area contributed by atoms with Crippen molar-refractivity contribution in [3.05, 3.63) is 102 Å². The van der Waals surface area contributed by atoms with Crippen molar-refractivity contribution in [1.29, 1.82) is 0 Å². The quantitative estimate of drug-likeness (QED) is 0.158. The van der Waals surface area contributed by atoms with E-state index in [1.807, 2.05) is 48.5 Å². The molecule has 1 aliphatic heterocycles. The number of nitrogens with zero attached hydrogens (tertiary/aromatic N) is 5. The van der Waals surface area contributed by atoms with Gasteiger partial charge in [-0.1, -0.05) is 42.5 Å². The van der Waals surface area contributed by atoms with Crippen molar-refractivity contribution in [1.82, 2.24) is 23.9 Å². The van der Waals surface area contributed by atoms with Crippen LogP contribution >= 0.6 is 0 Å². The molecule has 1 saturated heterocycles. The summed E-state index contributed by atoms with van der Waals surface area (Å²) in [4.78, 5) is 18.3. The molecule has 2 N–H and O–H groups in total. The smallest absolute Gasteiger partial charge is 0.244 e. The summed E-state index contributed by atoms with van der Waals surface area (Å²) in [5.41, 5.74) is 4.24. The van der Waals surface area contributed by atoms with Gasteiger partial charge < -0.3 is 24.6 Å². The van der Waals surface area contributed by atoms with Crippen LogP contribution in [0.3, 0.4) is 0 Å². The Morgan fingerprint density at radius 1 is 1.02 bits per heavy atom. The van der Waals surface area contributed by atoms with Crippen molar-refractivity contribution in [3.63, 3.8) is 0 Å². The summed E-state index contributed by atoms with van der Waals surface area (Å²) in [5.74, 6) is 1.13. The Hall–Kier alpha value is -5.37. The number of benzene rings is 2. The van der Waals surface area contributed by atoms with Crippen molar-refractivity contribution < 1.29 is 27.7 Å². The van der Waals surface area contributed by atoms with Gasteiger partial charge in [0.05, 0.1) is 48.0 Å². The zero-order valence-corrected chi connectivity index (χ0v) is 28.2. The fourth-order valence-corrected chi connectivity index (χ4v) is 7.30. The summed E-state index contributed by atoms with van der Waals surface area (Å²) in [6.45, 7) is 0.692. The van der Waals surface area contributed by atoms with Crippen LogP contribution in [0.2, 0.25) is 0 Å². The molecule has 5 heterocycles. The molecule has 1 fully saturated rings. The number of anilines is 1. The van der Waals surface area contributed by atoms with Crippen LogP contribution in [0.4, 0.5) is 5.95 Å². The lowest BCUT2D eigenvalue weighted by Gasteiger charge is -2.23. The minimum atomic E-state index is -3.93. The average Bonchev–Trinajstić information content (AvgIpc) is 3.54. The van der Waals surface area contributed by atoms with Gasteiger partial charge in [0, 0.05) is 36.8 Å². The monoisotopic (exact) mass is 692 g/mol. The second kappa shape index (κ2) is 14.6. The first-order valence-corrected chi connectivity index (χ1v) is 17.9. The molecule has 0 aliphatic carbocycles. The summed E-state index contributed by atoms with van der Waals surface area (Å²) < 4.78 is 46.9. The molecular formula is C37H36N6O6S. The van der Waals surface area contributed by atoms with Crippen LogP contribution in [0, 0.1) is 0 Å². The highest BCUT2D eigenvalue weighted by Crippen LogP contribution is 2.36. The zero-order valence-electron chi connectivity index (χ0n) is 27.4. The van der Waals surface area contributed by atoms with E-state index in [9.17, 15) is 8.42 Å². The minimum absolute atomic E-state index is 0.118. The van der Waals surface area contributed by atoms with E-state index in [-0.39, 0.29) is 36.9 Å². The standard InChI is InChI=1S/C37H36N6O6S/c1-38-37-41-33(12-10-26-17-29(21-39-20-26)47-16-14-44)35-31(23-43(36(35)42-37)50(45,46)24-25-7-3-2-4-8-25)27-11-13-32-28(18-27)19-30(22-40-32)49-34-9-5-6-15-48-34/h2-4,7-8,10-13,17-23,34,44H,5-6,9,14-16,24H2,1H3,(H,38,41,42). The zero-order chi connectivity index (χ0) is 34.5. The van der Waals surface area contributed by atoms with E-state index in [2.05, 4.69) is 20.3 Å². The lowest BCUT2D eigenvalue weighted by Crippen LogP contribution is -2.24. The molecular weight excluding hydrogens is 657 g/mol. The molecule has 256 valence electrons. The van der Waals surface area contributed by atoms with Crippen LogP contribution < -0.4 is 14.8 Å². The number of pyridine rings is 2. The SMILES string of the molecule is CNc1nc(C=Cc2cncc(OCCO)c2)c2c(-c3ccc4ncc(OC5CCCCO5)cc4c3)cn(S(=O)(=O)Cc3ccccc3)c2n1. The first-order valence-electron chi connectivity index (χ1n) is 16.3. The number of fused-ring (bicyclic) bond motifs is 2. The van der Waals surface area contributed by atoms with Gasteiger partial charge in [-0.3, -0.25) is 9.97 Å². The van der Waals surface area contributed by atoms with E-state index in [1.165, 1.54) is 3.97 Å². The first-order chi connectivity index (χ1) is 24.4. The normalized spacial score (nSPS) is 15.1. The predicted molar refractivity (Wildman–Crippen MR) is 192 cm³/mol. The number of aliphatic hydroxyl groups is 1. The summed E-state index contributed by atoms with van der Waals surface area (Å²) in [6, 6.07) is 18.5. The highest BCUT2D eigenvalue weighted by Gasteiger charge is 2.25. The van der Waals surface area contributed by atoms with Gasteiger partial charge in [0.2, 0.25) is 16.0 Å². The van der Waals surface area contributed by atoms with Crippen LogP contribution in [0.25, 0.3) is 45.2 Å².